The number of anilines is 1. The molecular formula is C18H20N2O4S. The number of hydrogen-bond donors (Lipinski definition) is 1. The molecular weight excluding hydrogens is 340 g/mol. The van der Waals surface area contributed by atoms with Crippen LogP contribution in [0.3, 0.4) is 0 Å². The largest absolute Gasteiger partial charge is 0.419 e. The zero-order chi connectivity index (χ0) is 18.2. The second-order valence-corrected chi connectivity index (χ2v) is 7.46. The van der Waals surface area contributed by atoms with Crippen molar-refractivity contribution in [2.45, 2.75) is 38.6 Å². The number of nitrogens with zero attached hydrogens (tertiary/aromatic N) is 1. The van der Waals surface area contributed by atoms with E-state index >= 15 is 0 Å². The molecule has 1 N–H and O–H groups in total. The molecule has 0 atom stereocenters. The summed E-state index contributed by atoms with van der Waals surface area (Å²) >= 11 is 0. The monoisotopic (exact) mass is 360 g/mol. The average molecular weight is 360 g/mol. The van der Waals surface area contributed by atoms with Crippen molar-refractivity contribution in [3.05, 3.63) is 58.1 Å². The van der Waals surface area contributed by atoms with Crippen molar-refractivity contribution < 1.29 is 12.8 Å². The fourth-order valence-electron chi connectivity index (χ4n) is 2.91. The minimum Gasteiger partial charge on any atom is -0.408 e. The molecule has 0 spiro atoms. The number of fused-ring (bicyclic) bond motifs is 1. The lowest BCUT2D eigenvalue weighted by molar-refractivity contribution is 0.512. The van der Waals surface area contributed by atoms with Crippen LogP contribution in [0.15, 0.2) is 50.5 Å². The molecule has 3 rings (SSSR count). The molecule has 0 unspecified atom stereocenters. The number of nitrogens with one attached hydrogen (secondary N) is 1. The minimum absolute atomic E-state index is 0.0999. The number of sulfonamides is 1. The predicted molar refractivity (Wildman–Crippen MR) is 97.5 cm³/mol. The van der Waals surface area contributed by atoms with Crippen LogP contribution in [0.25, 0.3) is 11.1 Å². The first-order chi connectivity index (χ1) is 11.9. The number of aryl methyl sites for hydroxylation is 3. The summed E-state index contributed by atoms with van der Waals surface area (Å²) in [6, 6.07) is 10.4. The Labute approximate surface area is 146 Å². The van der Waals surface area contributed by atoms with Crippen molar-refractivity contribution in [3.8, 4) is 0 Å². The number of para-hydroxylation sites is 1. The molecule has 0 saturated heterocycles. The van der Waals surface area contributed by atoms with Gasteiger partial charge in [0.25, 0.3) is 10.0 Å². The molecule has 0 radical (unpaired) electrons. The Kier molecular flexibility index (Phi) is 4.43. The summed E-state index contributed by atoms with van der Waals surface area (Å²) in [5.41, 5.74) is 2.88. The number of aromatic nitrogens is 1. The first kappa shape index (κ1) is 17.3. The van der Waals surface area contributed by atoms with Gasteiger partial charge in [-0.15, -0.1) is 0 Å². The van der Waals surface area contributed by atoms with E-state index in [9.17, 15) is 13.2 Å². The number of hydrogen-bond acceptors (Lipinski definition) is 4. The number of oxazole rings is 1. The molecule has 6 nitrogen and oxygen atoms in total. The van der Waals surface area contributed by atoms with Crippen molar-refractivity contribution in [1.82, 2.24) is 4.57 Å². The zero-order valence-corrected chi connectivity index (χ0v) is 15.2. The van der Waals surface area contributed by atoms with Crippen molar-refractivity contribution in [3.63, 3.8) is 0 Å². The maximum Gasteiger partial charge on any atom is 0.419 e. The van der Waals surface area contributed by atoms with E-state index in [1.54, 1.807) is 25.1 Å². The summed E-state index contributed by atoms with van der Waals surface area (Å²) in [6.45, 7) is 5.96. The van der Waals surface area contributed by atoms with Gasteiger partial charge in [0.05, 0.1) is 16.1 Å². The molecule has 0 fully saturated rings. The average Bonchev–Trinajstić information content (AvgIpc) is 2.88. The first-order valence-electron chi connectivity index (χ1n) is 8.12. The number of rotatable bonds is 5. The summed E-state index contributed by atoms with van der Waals surface area (Å²) in [5, 5.41) is 0. The smallest absolute Gasteiger partial charge is 0.408 e. The Morgan fingerprint density at radius 3 is 2.56 bits per heavy atom. The maximum atomic E-state index is 12.9. The molecule has 0 aliphatic rings. The second kappa shape index (κ2) is 6.40. The van der Waals surface area contributed by atoms with Crippen LogP contribution in [-0.2, 0) is 23.0 Å². The van der Waals surface area contributed by atoms with Gasteiger partial charge in [-0.25, -0.2) is 13.2 Å². The summed E-state index contributed by atoms with van der Waals surface area (Å²) in [6.07, 6.45) is 0.713. The third-order valence-corrected chi connectivity index (χ3v) is 5.72. The molecule has 0 saturated carbocycles. The second-order valence-electron chi connectivity index (χ2n) is 5.81. The molecule has 1 aromatic heterocycles. The van der Waals surface area contributed by atoms with Crippen molar-refractivity contribution in [2.75, 3.05) is 4.72 Å². The quantitative estimate of drug-likeness (QED) is 0.757. The van der Waals surface area contributed by atoms with Crippen LogP contribution in [-0.4, -0.2) is 13.0 Å². The molecule has 132 valence electrons. The molecule has 0 bridgehead atoms. The van der Waals surface area contributed by atoms with Crippen LogP contribution in [0.1, 0.15) is 25.0 Å². The molecule has 3 aromatic rings. The Hall–Kier alpha value is -2.54. The lowest BCUT2D eigenvalue weighted by Crippen LogP contribution is -2.15. The maximum absolute atomic E-state index is 12.9. The highest BCUT2D eigenvalue weighted by Crippen LogP contribution is 2.26. The normalized spacial score (nSPS) is 11.8. The molecule has 1 heterocycles. The SMILES string of the molecule is CCc1ccccc1NS(=O)(=O)c1cc2oc(=O)n(CC)c2cc1C. The van der Waals surface area contributed by atoms with E-state index in [2.05, 4.69) is 4.72 Å². The topological polar surface area (TPSA) is 81.3 Å². The van der Waals surface area contributed by atoms with Gasteiger partial charge in [-0.2, -0.15) is 0 Å². The Bertz CT molecular complexity index is 1090. The van der Waals surface area contributed by atoms with E-state index in [0.29, 0.717) is 29.7 Å². The van der Waals surface area contributed by atoms with Gasteiger partial charge in [0.1, 0.15) is 0 Å². The fraction of sp³-hybridized carbons (Fsp3) is 0.278. The van der Waals surface area contributed by atoms with Crippen LogP contribution in [0, 0.1) is 6.92 Å². The van der Waals surface area contributed by atoms with Crippen molar-refractivity contribution >= 4 is 26.8 Å². The van der Waals surface area contributed by atoms with Gasteiger partial charge in [-0.3, -0.25) is 9.29 Å². The lowest BCUT2D eigenvalue weighted by Gasteiger charge is -2.13. The molecule has 25 heavy (non-hydrogen) atoms. The highest BCUT2D eigenvalue weighted by atomic mass is 32.2. The highest BCUT2D eigenvalue weighted by Gasteiger charge is 2.21. The standard InChI is InChI=1S/C18H20N2O4S/c1-4-13-8-6-7-9-14(13)19-25(22,23)17-11-16-15(10-12(17)3)20(5-2)18(21)24-16/h6-11,19H,4-5H2,1-3H3. The summed E-state index contributed by atoms with van der Waals surface area (Å²) in [4.78, 5) is 11.9. The van der Waals surface area contributed by atoms with Crippen LogP contribution < -0.4 is 10.5 Å². The summed E-state index contributed by atoms with van der Waals surface area (Å²) < 4.78 is 35.0. The van der Waals surface area contributed by atoms with E-state index in [1.807, 2.05) is 26.0 Å². The number of benzene rings is 2. The Morgan fingerprint density at radius 1 is 1.16 bits per heavy atom. The van der Waals surface area contributed by atoms with E-state index in [1.165, 1.54) is 10.6 Å². The van der Waals surface area contributed by atoms with Gasteiger partial charge in [0, 0.05) is 12.6 Å². The van der Waals surface area contributed by atoms with Gasteiger partial charge in [0.15, 0.2) is 5.58 Å². The van der Waals surface area contributed by atoms with Crippen molar-refractivity contribution in [1.29, 1.82) is 0 Å². The minimum atomic E-state index is -3.80. The van der Waals surface area contributed by atoms with E-state index < -0.39 is 15.8 Å². The fourth-order valence-corrected chi connectivity index (χ4v) is 4.25. The van der Waals surface area contributed by atoms with Gasteiger partial charge in [-0.05, 0) is 43.5 Å². The first-order valence-corrected chi connectivity index (χ1v) is 9.60. The molecule has 2 aromatic carbocycles. The Balaban J connectivity index is 2.11. The van der Waals surface area contributed by atoms with Crippen molar-refractivity contribution in [2.24, 2.45) is 0 Å². The third-order valence-electron chi connectivity index (χ3n) is 4.21. The molecule has 7 heteroatoms. The molecule has 0 amide bonds. The van der Waals surface area contributed by atoms with Gasteiger partial charge >= 0.3 is 5.76 Å². The summed E-state index contributed by atoms with van der Waals surface area (Å²) in [5.74, 6) is -0.490. The predicted octanol–water partition coefficient (Wildman–Crippen LogP) is 3.29. The van der Waals surface area contributed by atoms with E-state index in [0.717, 1.165) is 5.56 Å². The van der Waals surface area contributed by atoms with Gasteiger partial charge in [0.2, 0.25) is 0 Å². The molecule has 0 aliphatic heterocycles. The lowest BCUT2D eigenvalue weighted by atomic mass is 10.1. The van der Waals surface area contributed by atoms with E-state index in [-0.39, 0.29) is 10.5 Å². The van der Waals surface area contributed by atoms with Crippen LogP contribution in [0.2, 0.25) is 0 Å². The zero-order valence-electron chi connectivity index (χ0n) is 14.4. The Morgan fingerprint density at radius 2 is 1.88 bits per heavy atom. The summed E-state index contributed by atoms with van der Waals surface area (Å²) in [7, 11) is -3.80. The highest BCUT2D eigenvalue weighted by molar-refractivity contribution is 7.92. The van der Waals surface area contributed by atoms with E-state index in [4.69, 9.17) is 4.42 Å². The van der Waals surface area contributed by atoms with Crippen LogP contribution in [0.5, 0.6) is 0 Å². The van der Waals surface area contributed by atoms with Crippen LogP contribution in [0.4, 0.5) is 5.69 Å². The van der Waals surface area contributed by atoms with Crippen LogP contribution >= 0.6 is 0 Å². The molecule has 0 aliphatic carbocycles. The third kappa shape index (κ3) is 3.07. The van der Waals surface area contributed by atoms with Gasteiger partial charge < -0.3 is 4.42 Å². The van der Waals surface area contributed by atoms with Gasteiger partial charge in [-0.1, -0.05) is 25.1 Å².